The molecule has 1 N–H and O–H groups in total. The van der Waals surface area contributed by atoms with Crippen LogP contribution in [0.1, 0.15) is 47.7 Å². The van der Waals surface area contributed by atoms with Gasteiger partial charge in [0.15, 0.2) is 0 Å². The molecular weight excluding hydrogens is 282 g/mol. The number of nitrogens with one attached hydrogen (secondary N) is 1. The summed E-state index contributed by atoms with van der Waals surface area (Å²) in [6.07, 6.45) is 1.03. The molecule has 0 heterocycles. The normalized spacial score (nSPS) is 12.0. The van der Waals surface area contributed by atoms with Gasteiger partial charge in [-0.3, -0.25) is 4.79 Å². The lowest BCUT2D eigenvalue weighted by Gasteiger charge is -2.16. The Bertz CT molecular complexity index is 651. The highest BCUT2D eigenvalue weighted by Crippen LogP contribution is 2.27. The lowest BCUT2D eigenvalue weighted by Crippen LogP contribution is -2.14. The second-order valence-corrected chi connectivity index (χ2v) is 5.74. The first-order valence-corrected chi connectivity index (χ1v) is 7.57. The molecule has 110 valence electrons. The van der Waals surface area contributed by atoms with Gasteiger partial charge in [0.2, 0.25) is 0 Å². The predicted octanol–water partition coefficient (Wildman–Crippen LogP) is 5.41. The quantitative estimate of drug-likeness (QED) is 0.803. The zero-order chi connectivity index (χ0) is 15.4. The van der Waals surface area contributed by atoms with Crippen LogP contribution < -0.4 is 5.32 Å². The number of para-hydroxylation sites is 1. The van der Waals surface area contributed by atoms with E-state index in [0.717, 1.165) is 23.2 Å². The Hall–Kier alpha value is -1.80. The van der Waals surface area contributed by atoms with Gasteiger partial charge in [-0.25, -0.2) is 0 Å². The second-order valence-electron chi connectivity index (χ2n) is 5.33. The third kappa shape index (κ3) is 3.64. The average molecular weight is 302 g/mol. The zero-order valence-electron chi connectivity index (χ0n) is 12.6. The first-order chi connectivity index (χ1) is 10.0. The predicted molar refractivity (Wildman–Crippen MR) is 89.3 cm³/mol. The van der Waals surface area contributed by atoms with E-state index in [9.17, 15) is 4.79 Å². The fourth-order valence-electron chi connectivity index (χ4n) is 2.25. The Morgan fingerprint density at radius 2 is 1.95 bits per heavy atom. The van der Waals surface area contributed by atoms with Crippen LogP contribution in [0.3, 0.4) is 0 Å². The molecule has 0 spiro atoms. The molecule has 0 saturated carbocycles. The largest absolute Gasteiger partial charge is 0.322 e. The number of rotatable bonds is 4. The van der Waals surface area contributed by atoms with E-state index in [0.29, 0.717) is 16.5 Å². The molecule has 0 saturated heterocycles. The van der Waals surface area contributed by atoms with Gasteiger partial charge in [-0.15, -0.1) is 0 Å². The van der Waals surface area contributed by atoms with Crippen molar-refractivity contribution < 1.29 is 4.79 Å². The molecular formula is C18H20ClNO. The third-order valence-electron chi connectivity index (χ3n) is 3.72. The van der Waals surface area contributed by atoms with Gasteiger partial charge in [0, 0.05) is 5.69 Å². The molecule has 0 aliphatic carbocycles. The molecule has 0 aliphatic heterocycles. The van der Waals surface area contributed by atoms with Crippen LogP contribution >= 0.6 is 11.6 Å². The highest BCUT2D eigenvalue weighted by molar-refractivity contribution is 6.34. The smallest absolute Gasteiger partial charge is 0.257 e. The summed E-state index contributed by atoms with van der Waals surface area (Å²) in [5.41, 5.74) is 3.54. The minimum atomic E-state index is -0.171. The fraction of sp³-hybridized carbons (Fsp3) is 0.278. The van der Waals surface area contributed by atoms with Crippen molar-refractivity contribution in [2.24, 2.45) is 0 Å². The van der Waals surface area contributed by atoms with Crippen molar-refractivity contribution in [2.75, 3.05) is 5.32 Å². The molecule has 2 aromatic carbocycles. The van der Waals surface area contributed by atoms with Crippen molar-refractivity contribution in [3.8, 4) is 0 Å². The molecule has 2 aromatic rings. The number of carbonyl (C=O) groups excluding carboxylic acids is 1. The van der Waals surface area contributed by atoms with E-state index < -0.39 is 0 Å². The average Bonchev–Trinajstić information content (AvgIpc) is 2.46. The van der Waals surface area contributed by atoms with Crippen LogP contribution in [0.2, 0.25) is 5.02 Å². The SMILES string of the molecule is CCC(C)c1ccccc1NC(=O)c1ccc(C)cc1Cl. The van der Waals surface area contributed by atoms with E-state index in [1.165, 1.54) is 0 Å². The summed E-state index contributed by atoms with van der Waals surface area (Å²) in [7, 11) is 0. The summed E-state index contributed by atoms with van der Waals surface area (Å²) in [5, 5.41) is 3.46. The molecule has 2 rings (SSSR count). The molecule has 0 aliphatic rings. The minimum Gasteiger partial charge on any atom is -0.322 e. The van der Waals surface area contributed by atoms with Crippen molar-refractivity contribution in [1.82, 2.24) is 0 Å². The van der Waals surface area contributed by atoms with Crippen molar-refractivity contribution in [2.45, 2.75) is 33.1 Å². The number of anilines is 1. The minimum absolute atomic E-state index is 0.171. The van der Waals surface area contributed by atoms with Crippen LogP contribution in [0, 0.1) is 6.92 Å². The van der Waals surface area contributed by atoms with Crippen LogP contribution in [0.4, 0.5) is 5.69 Å². The molecule has 0 radical (unpaired) electrons. The summed E-state index contributed by atoms with van der Waals surface area (Å²) in [6, 6.07) is 13.4. The molecule has 1 atom stereocenters. The van der Waals surface area contributed by atoms with Gasteiger partial charge in [0.25, 0.3) is 5.91 Å². The highest BCUT2D eigenvalue weighted by atomic mass is 35.5. The Morgan fingerprint density at radius 3 is 2.62 bits per heavy atom. The maximum atomic E-state index is 12.4. The monoisotopic (exact) mass is 301 g/mol. The number of aryl methyl sites for hydroxylation is 1. The summed E-state index contributed by atoms with van der Waals surface area (Å²) in [5.74, 6) is 0.228. The number of hydrogen-bond donors (Lipinski definition) is 1. The Balaban J connectivity index is 2.28. The molecule has 1 unspecified atom stereocenters. The maximum absolute atomic E-state index is 12.4. The first-order valence-electron chi connectivity index (χ1n) is 7.19. The topological polar surface area (TPSA) is 29.1 Å². The first kappa shape index (κ1) is 15.6. The van der Waals surface area contributed by atoms with E-state index in [1.54, 1.807) is 12.1 Å². The van der Waals surface area contributed by atoms with Gasteiger partial charge >= 0.3 is 0 Å². The maximum Gasteiger partial charge on any atom is 0.257 e. The van der Waals surface area contributed by atoms with Crippen molar-refractivity contribution in [1.29, 1.82) is 0 Å². The Kier molecular flexibility index (Phi) is 5.03. The Morgan fingerprint density at radius 1 is 1.24 bits per heavy atom. The lowest BCUT2D eigenvalue weighted by atomic mass is 9.96. The van der Waals surface area contributed by atoms with Crippen molar-refractivity contribution in [3.05, 3.63) is 64.2 Å². The van der Waals surface area contributed by atoms with Gasteiger partial charge < -0.3 is 5.32 Å². The van der Waals surface area contributed by atoms with Gasteiger partial charge in [0.1, 0.15) is 0 Å². The molecule has 0 aromatic heterocycles. The van der Waals surface area contributed by atoms with E-state index >= 15 is 0 Å². The van der Waals surface area contributed by atoms with Gasteiger partial charge in [0.05, 0.1) is 10.6 Å². The summed E-state index contributed by atoms with van der Waals surface area (Å²) >= 11 is 6.16. The van der Waals surface area contributed by atoms with Crippen LogP contribution in [-0.2, 0) is 0 Å². The number of hydrogen-bond acceptors (Lipinski definition) is 1. The molecule has 21 heavy (non-hydrogen) atoms. The molecule has 3 heteroatoms. The van der Waals surface area contributed by atoms with Crippen LogP contribution in [0.25, 0.3) is 0 Å². The molecule has 1 amide bonds. The highest BCUT2D eigenvalue weighted by Gasteiger charge is 2.14. The lowest BCUT2D eigenvalue weighted by molar-refractivity contribution is 0.102. The van der Waals surface area contributed by atoms with E-state index in [4.69, 9.17) is 11.6 Å². The fourth-order valence-corrected chi connectivity index (χ4v) is 2.58. The third-order valence-corrected chi connectivity index (χ3v) is 4.03. The molecule has 0 fully saturated rings. The summed E-state index contributed by atoms with van der Waals surface area (Å²) < 4.78 is 0. The molecule has 0 bridgehead atoms. The van der Waals surface area contributed by atoms with Gasteiger partial charge in [-0.2, -0.15) is 0 Å². The standard InChI is InChI=1S/C18H20ClNO/c1-4-13(3)14-7-5-6-8-17(14)20-18(21)15-10-9-12(2)11-16(15)19/h5-11,13H,4H2,1-3H3,(H,20,21). The number of benzene rings is 2. The Labute approximate surface area is 131 Å². The van der Waals surface area contributed by atoms with Crippen molar-refractivity contribution >= 4 is 23.2 Å². The molecule has 2 nitrogen and oxygen atoms in total. The van der Waals surface area contributed by atoms with E-state index in [-0.39, 0.29) is 5.91 Å². The summed E-state index contributed by atoms with van der Waals surface area (Å²) in [6.45, 7) is 6.25. The number of amides is 1. The van der Waals surface area contributed by atoms with Crippen LogP contribution in [-0.4, -0.2) is 5.91 Å². The van der Waals surface area contributed by atoms with Crippen LogP contribution in [0.5, 0.6) is 0 Å². The van der Waals surface area contributed by atoms with Gasteiger partial charge in [-0.1, -0.05) is 49.7 Å². The van der Waals surface area contributed by atoms with Crippen LogP contribution in [0.15, 0.2) is 42.5 Å². The zero-order valence-corrected chi connectivity index (χ0v) is 13.4. The second kappa shape index (κ2) is 6.77. The number of halogens is 1. The van der Waals surface area contributed by atoms with E-state index in [1.807, 2.05) is 31.2 Å². The van der Waals surface area contributed by atoms with E-state index in [2.05, 4.69) is 25.2 Å². The van der Waals surface area contributed by atoms with Gasteiger partial charge in [-0.05, 0) is 48.6 Å². The van der Waals surface area contributed by atoms with Crippen molar-refractivity contribution in [3.63, 3.8) is 0 Å². The summed E-state index contributed by atoms with van der Waals surface area (Å²) in [4.78, 5) is 12.4. The number of carbonyl (C=O) groups is 1.